The smallest absolute Gasteiger partial charge is 0.170 e. The SMILES string of the molecule is C[SiH](C)OCCI. The zero-order chi connectivity index (χ0) is 5.70. The second-order valence-corrected chi connectivity index (χ2v) is 5.12. The highest BCUT2D eigenvalue weighted by atomic mass is 127. The van der Waals surface area contributed by atoms with Gasteiger partial charge < -0.3 is 4.43 Å². The molecule has 44 valence electrons. The molecule has 0 radical (unpaired) electrons. The molecule has 0 aliphatic rings. The van der Waals surface area contributed by atoms with Crippen LogP contribution in [0.3, 0.4) is 0 Å². The number of halogens is 1. The van der Waals surface area contributed by atoms with Crippen LogP contribution < -0.4 is 0 Å². The van der Waals surface area contributed by atoms with E-state index in [1.807, 2.05) is 0 Å². The molecule has 1 nitrogen and oxygen atoms in total. The molecule has 0 amide bonds. The summed E-state index contributed by atoms with van der Waals surface area (Å²) in [4.78, 5) is 0. The Hall–Kier alpha value is 0.907. The fourth-order valence-corrected chi connectivity index (χ4v) is 1.60. The van der Waals surface area contributed by atoms with Gasteiger partial charge in [-0.2, -0.15) is 0 Å². The number of alkyl halides is 1. The normalized spacial score (nSPS) is 10.3. The average molecular weight is 230 g/mol. The first-order valence-corrected chi connectivity index (χ1v) is 6.75. The van der Waals surface area contributed by atoms with Crippen molar-refractivity contribution in [3.05, 3.63) is 0 Å². The first kappa shape index (κ1) is 7.91. The van der Waals surface area contributed by atoms with E-state index in [4.69, 9.17) is 4.43 Å². The van der Waals surface area contributed by atoms with Gasteiger partial charge in [0.2, 0.25) is 0 Å². The molecule has 0 aromatic carbocycles. The lowest BCUT2D eigenvalue weighted by atomic mass is 10.9. The van der Waals surface area contributed by atoms with E-state index in [1.165, 1.54) is 0 Å². The molecule has 0 aliphatic heterocycles. The van der Waals surface area contributed by atoms with E-state index in [1.54, 1.807) is 0 Å². The second kappa shape index (κ2) is 5.05. The Morgan fingerprint density at radius 1 is 1.57 bits per heavy atom. The van der Waals surface area contributed by atoms with Gasteiger partial charge >= 0.3 is 0 Å². The fourth-order valence-electron chi connectivity index (χ4n) is 0.280. The van der Waals surface area contributed by atoms with Crippen molar-refractivity contribution in [2.24, 2.45) is 0 Å². The van der Waals surface area contributed by atoms with Crippen LogP contribution in [0.2, 0.25) is 13.1 Å². The lowest BCUT2D eigenvalue weighted by Crippen LogP contribution is -2.08. The summed E-state index contributed by atoms with van der Waals surface area (Å²) in [6, 6.07) is 0. The van der Waals surface area contributed by atoms with E-state index in [9.17, 15) is 0 Å². The van der Waals surface area contributed by atoms with Crippen LogP contribution in [-0.4, -0.2) is 20.1 Å². The minimum absolute atomic E-state index is 0.693. The maximum atomic E-state index is 5.32. The van der Waals surface area contributed by atoms with Gasteiger partial charge in [0, 0.05) is 11.0 Å². The van der Waals surface area contributed by atoms with E-state index < -0.39 is 9.04 Å². The summed E-state index contributed by atoms with van der Waals surface area (Å²) < 4.78 is 6.45. The van der Waals surface area contributed by atoms with E-state index in [0.29, 0.717) is 0 Å². The molecule has 0 aromatic rings. The van der Waals surface area contributed by atoms with Crippen molar-refractivity contribution in [2.45, 2.75) is 13.1 Å². The Morgan fingerprint density at radius 2 is 2.14 bits per heavy atom. The summed E-state index contributed by atoms with van der Waals surface area (Å²) in [7, 11) is -0.693. The van der Waals surface area contributed by atoms with Gasteiger partial charge in [0.1, 0.15) is 0 Å². The van der Waals surface area contributed by atoms with Gasteiger partial charge in [-0.3, -0.25) is 0 Å². The molecule has 3 heteroatoms. The molecule has 0 aliphatic carbocycles. The Morgan fingerprint density at radius 3 is 2.29 bits per heavy atom. The summed E-state index contributed by atoms with van der Waals surface area (Å²) in [5.74, 6) is 0. The van der Waals surface area contributed by atoms with Gasteiger partial charge in [-0.1, -0.05) is 22.6 Å². The Balaban J connectivity index is 2.68. The van der Waals surface area contributed by atoms with Gasteiger partial charge in [-0.15, -0.1) is 0 Å². The van der Waals surface area contributed by atoms with Crippen molar-refractivity contribution in [3.8, 4) is 0 Å². The largest absolute Gasteiger partial charge is 0.420 e. The van der Waals surface area contributed by atoms with Crippen LogP contribution in [-0.2, 0) is 4.43 Å². The summed E-state index contributed by atoms with van der Waals surface area (Å²) in [6.07, 6.45) is 0. The van der Waals surface area contributed by atoms with Crippen LogP contribution in [0, 0.1) is 0 Å². The molecule has 0 bridgehead atoms. The molecular formula is C4H11IOSi. The topological polar surface area (TPSA) is 9.23 Å². The van der Waals surface area contributed by atoms with E-state index >= 15 is 0 Å². The lowest BCUT2D eigenvalue weighted by molar-refractivity contribution is 0.357. The molecule has 0 rings (SSSR count). The fraction of sp³-hybridized carbons (Fsp3) is 1.00. The first-order chi connectivity index (χ1) is 3.27. The molecule has 0 fully saturated rings. The van der Waals surface area contributed by atoms with Gasteiger partial charge in [0.25, 0.3) is 0 Å². The van der Waals surface area contributed by atoms with Gasteiger partial charge in [0.05, 0.1) is 0 Å². The number of hydrogen-bond donors (Lipinski definition) is 0. The van der Waals surface area contributed by atoms with Crippen LogP contribution in [0.1, 0.15) is 0 Å². The molecule has 0 unspecified atom stereocenters. The van der Waals surface area contributed by atoms with Crippen LogP contribution in [0.15, 0.2) is 0 Å². The second-order valence-electron chi connectivity index (χ2n) is 1.61. The highest BCUT2D eigenvalue weighted by Gasteiger charge is 1.90. The number of hydrogen-bond acceptors (Lipinski definition) is 1. The van der Waals surface area contributed by atoms with Crippen LogP contribution >= 0.6 is 22.6 Å². The van der Waals surface area contributed by atoms with Gasteiger partial charge in [-0.25, -0.2) is 0 Å². The Labute approximate surface area is 60.3 Å². The molecule has 0 aromatic heterocycles. The third-order valence-corrected chi connectivity index (χ3v) is 1.87. The van der Waals surface area contributed by atoms with Crippen molar-refractivity contribution >= 4 is 31.6 Å². The Kier molecular flexibility index (Phi) is 5.71. The average Bonchev–Trinajstić information content (AvgIpc) is 1.61. The molecule has 0 saturated carbocycles. The third-order valence-electron chi connectivity index (χ3n) is 0.528. The van der Waals surface area contributed by atoms with Gasteiger partial charge in [0.15, 0.2) is 9.04 Å². The summed E-state index contributed by atoms with van der Waals surface area (Å²) in [6.45, 7) is 5.32. The molecule has 0 saturated heterocycles. The summed E-state index contributed by atoms with van der Waals surface area (Å²) >= 11 is 2.32. The monoisotopic (exact) mass is 230 g/mol. The van der Waals surface area contributed by atoms with Crippen molar-refractivity contribution in [1.82, 2.24) is 0 Å². The quantitative estimate of drug-likeness (QED) is 0.405. The summed E-state index contributed by atoms with van der Waals surface area (Å²) in [5, 5.41) is 0. The van der Waals surface area contributed by atoms with E-state index in [-0.39, 0.29) is 0 Å². The van der Waals surface area contributed by atoms with Crippen molar-refractivity contribution < 1.29 is 4.43 Å². The van der Waals surface area contributed by atoms with Gasteiger partial charge in [-0.05, 0) is 13.1 Å². The molecule has 0 N–H and O–H groups in total. The standard InChI is InChI=1S/C4H11IOSi/c1-7(2)6-4-3-5/h7H,3-4H2,1-2H3. The maximum absolute atomic E-state index is 5.32. The van der Waals surface area contributed by atoms with E-state index in [2.05, 4.69) is 35.7 Å². The molecular weight excluding hydrogens is 219 g/mol. The minimum atomic E-state index is -0.693. The van der Waals surface area contributed by atoms with E-state index in [0.717, 1.165) is 11.0 Å². The predicted molar refractivity (Wildman–Crippen MR) is 43.7 cm³/mol. The Bertz CT molecular complexity index is 40.7. The highest BCUT2D eigenvalue weighted by molar-refractivity contribution is 14.1. The molecule has 7 heavy (non-hydrogen) atoms. The molecule has 0 atom stereocenters. The molecule has 0 spiro atoms. The summed E-state index contributed by atoms with van der Waals surface area (Å²) in [5.41, 5.74) is 0. The predicted octanol–water partition coefficient (Wildman–Crippen LogP) is 1.42. The van der Waals surface area contributed by atoms with Crippen LogP contribution in [0.5, 0.6) is 0 Å². The minimum Gasteiger partial charge on any atom is -0.420 e. The zero-order valence-corrected chi connectivity index (χ0v) is 8.09. The lowest BCUT2D eigenvalue weighted by Gasteiger charge is -2.01. The maximum Gasteiger partial charge on any atom is 0.170 e. The van der Waals surface area contributed by atoms with Crippen molar-refractivity contribution in [1.29, 1.82) is 0 Å². The third kappa shape index (κ3) is 6.91. The van der Waals surface area contributed by atoms with Crippen molar-refractivity contribution in [3.63, 3.8) is 0 Å². The first-order valence-electron chi connectivity index (χ1n) is 2.45. The van der Waals surface area contributed by atoms with Crippen LogP contribution in [0.4, 0.5) is 0 Å². The van der Waals surface area contributed by atoms with Crippen molar-refractivity contribution in [2.75, 3.05) is 11.0 Å². The highest BCUT2D eigenvalue weighted by Crippen LogP contribution is 1.86. The van der Waals surface area contributed by atoms with Crippen LogP contribution in [0.25, 0.3) is 0 Å². The zero-order valence-electron chi connectivity index (χ0n) is 4.78. The molecule has 0 heterocycles. The number of rotatable bonds is 3.